The van der Waals surface area contributed by atoms with Crippen molar-refractivity contribution in [2.45, 2.75) is 13.1 Å². The van der Waals surface area contributed by atoms with Crippen LogP contribution in [0.5, 0.6) is 0 Å². The van der Waals surface area contributed by atoms with Crippen LogP contribution in [0.3, 0.4) is 0 Å². The molecule has 0 saturated carbocycles. The third-order valence-corrected chi connectivity index (χ3v) is 4.99. The molecule has 1 saturated heterocycles. The van der Waals surface area contributed by atoms with Gasteiger partial charge in [-0.05, 0) is 24.6 Å². The Hall–Kier alpha value is -2.12. The zero-order chi connectivity index (χ0) is 16.8. The lowest BCUT2D eigenvalue weighted by Crippen LogP contribution is -2.45. The largest absolute Gasteiger partial charge is 0.354 e. The van der Waals surface area contributed by atoms with Crippen molar-refractivity contribution >= 4 is 23.2 Å². The lowest BCUT2D eigenvalue weighted by molar-refractivity contribution is 0.240. The molecule has 128 valence electrons. The summed E-state index contributed by atoms with van der Waals surface area (Å²) in [4.78, 5) is 22.3. The van der Waals surface area contributed by atoms with E-state index in [4.69, 9.17) is 0 Å². The van der Waals surface area contributed by atoms with Gasteiger partial charge >= 0.3 is 6.03 Å². The van der Waals surface area contributed by atoms with Crippen LogP contribution in [-0.2, 0) is 13.1 Å². The van der Waals surface area contributed by atoms with Crippen LogP contribution < -0.4 is 15.5 Å². The summed E-state index contributed by atoms with van der Waals surface area (Å²) in [6.45, 7) is 5.03. The van der Waals surface area contributed by atoms with E-state index in [9.17, 15) is 4.79 Å². The molecular formula is C17H23N5OS. The zero-order valence-electron chi connectivity index (χ0n) is 13.9. The van der Waals surface area contributed by atoms with Crippen LogP contribution in [0, 0.1) is 0 Å². The smallest absolute Gasteiger partial charge is 0.315 e. The lowest BCUT2D eigenvalue weighted by Gasteiger charge is -2.34. The topological polar surface area (TPSA) is 60.5 Å². The zero-order valence-corrected chi connectivity index (χ0v) is 14.7. The van der Waals surface area contributed by atoms with Crippen molar-refractivity contribution in [1.29, 1.82) is 0 Å². The molecule has 24 heavy (non-hydrogen) atoms. The fourth-order valence-corrected chi connectivity index (χ4v) is 3.33. The van der Waals surface area contributed by atoms with Crippen molar-refractivity contribution in [3.63, 3.8) is 0 Å². The van der Waals surface area contributed by atoms with E-state index in [1.54, 1.807) is 11.3 Å². The quantitative estimate of drug-likeness (QED) is 0.869. The number of thiophene rings is 1. The first-order valence-electron chi connectivity index (χ1n) is 8.14. The van der Waals surface area contributed by atoms with E-state index >= 15 is 0 Å². The molecule has 0 spiro atoms. The monoisotopic (exact) mass is 345 g/mol. The van der Waals surface area contributed by atoms with Crippen LogP contribution in [0.15, 0.2) is 35.8 Å². The Balaban J connectivity index is 1.54. The van der Waals surface area contributed by atoms with Gasteiger partial charge in [-0.15, -0.1) is 11.3 Å². The summed E-state index contributed by atoms with van der Waals surface area (Å²) in [5, 5.41) is 7.81. The normalized spacial score (nSPS) is 15.3. The van der Waals surface area contributed by atoms with Gasteiger partial charge in [0, 0.05) is 49.4 Å². The molecule has 0 unspecified atom stereocenters. The first-order valence-corrected chi connectivity index (χ1v) is 9.02. The number of hydrogen-bond donors (Lipinski definition) is 2. The molecule has 2 aromatic heterocycles. The van der Waals surface area contributed by atoms with Crippen molar-refractivity contribution in [3.8, 4) is 0 Å². The molecule has 0 aromatic carbocycles. The average Bonchev–Trinajstić information content (AvgIpc) is 3.13. The number of urea groups is 1. The number of carbonyl (C=O) groups excluding carboxylic acids is 1. The molecule has 2 N–H and O–H groups in total. The molecule has 0 radical (unpaired) electrons. The number of amides is 2. The molecule has 0 aliphatic carbocycles. The number of aromatic nitrogens is 1. The third kappa shape index (κ3) is 4.46. The predicted molar refractivity (Wildman–Crippen MR) is 97.3 cm³/mol. The average molecular weight is 345 g/mol. The van der Waals surface area contributed by atoms with E-state index in [1.165, 1.54) is 0 Å². The first kappa shape index (κ1) is 16.7. The number of nitrogens with one attached hydrogen (secondary N) is 2. The maximum absolute atomic E-state index is 12.0. The maximum Gasteiger partial charge on any atom is 0.315 e. The molecule has 7 heteroatoms. The van der Waals surface area contributed by atoms with Crippen LogP contribution >= 0.6 is 11.3 Å². The van der Waals surface area contributed by atoms with Crippen LogP contribution in [0.1, 0.15) is 10.4 Å². The number of rotatable bonds is 5. The highest BCUT2D eigenvalue weighted by Gasteiger charge is 2.18. The summed E-state index contributed by atoms with van der Waals surface area (Å²) in [6.07, 6.45) is 1.81. The summed E-state index contributed by atoms with van der Waals surface area (Å²) in [6, 6.07) is 7.78. The highest BCUT2D eigenvalue weighted by atomic mass is 32.1. The molecule has 1 aliphatic heterocycles. The van der Waals surface area contributed by atoms with E-state index < -0.39 is 0 Å². The summed E-state index contributed by atoms with van der Waals surface area (Å²) in [5.41, 5.74) is 1.05. The van der Waals surface area contributed by atoms with Crippen LogP contribution in [-0.4, -0.2) is 49.1 Å². The number of piperazine rings is 1. The van der Waals surface area contributed by atoms with E-state index in [1.807, 2.05) is 35.8 Å². The van der Waals surface area contributed by atoms with Gasteiger partial charge in [-0.1, -0.05) is 12.1 Å². The molecule has 3 heterocycles. The molecule has 0 atom stereocenters. The number of carbonyl (C=O) groups is 1. The predicted octanol–water partition coefficient (Wildman–Crippen LogP) is 1.89. The molecule has 1 aliphatic rings. The standard InChI is InChI=1S/C17H23N5OS/c1-21-7-9-22(10-8-21)16-14(4-2-6-18-16)12-19-17(23)20-13-15-5-3-11-24-15/h2-6,11H,7-10,12-13H2,1H3,(H2,19,20,23). The second kappa shape index (κ2) is 8.12. The van der Waals surface area contributed by atoms with Crippen molar-refractivity contribution in [1.82, 2.24) is 20.5 Å². The maximum atomic E-state index is 12.0. The molecule has 6 nitrogen and oxygen atoms in total. The van der Waals surface area contributed by atoms with Gasteiger partial charge < -0.3 is 20.4 Å². The Morgan fingerprint density at radius 3 is 2.71 bits per heavy atom. The Labute approximate surface area is 146 Å². The molecule has 1 fully saturated rings. The second-order valence-corrected chi connectivity index (χ2v) is 6.92. The van der Waals surface area contributed by atoms with Crippen molar-refractivity contribution in [2.75, 3.05) is 38.1 Å². The Kier molecular flexibility index (Phi) is 5.66. The minimum Gasteiger partial charge on any atom is -0.354 e. The number of hydrogen-bond acceptors (Lipinski definition) is 5. The van der Waals surface area contributed by atoms with Gasteiger partial charge in [0.05, 0.1) is 6.54 Å². The highest BCUT2D eigenvalue weighted by Crippen LogP contribution is 2.18. The molecule has 2 aromatic rings. The number of pyridine rings is 1. The van der Waals surface area contributed by atoms with E-state index in [-0.39, 0.29) is 6.03 Å². The highest BCUT2D eigenvalue weighted by molar-refractivity contribution is 7.09. The van der Waals surface area contributed by atoms with Crippen molar-refractivity contribution in [2.24, 2.45) is 0 Å². The SMILES string of the molecule is CN1CCN(c2ncccc2CNC(=O)NCc2cccs2)CC1. The van der Waals surface area contributed by atoms with Crippen molar-refractivity contribution in [3.05, 3.63) is 46.3 Å². The number of nitrogens with zero attached hydrogens (tertiary/aromatic N) is 3. The van der Waals surface area contributed by atoms with E-state index in [2.05, 4.69) is 32.5 Å². The molecule has 2 amide bonds. The third-order valence-electron chi connectivity index (χ3n) is 4.11. The first-order chi connectivity index (χ1) is 11.7. The van der Waals surface area contributed by atoms with Gasteiger partial charge in [0.25, 0.3) is 0 Å². The van der Waals surface area contributed by atoms with Gasteiger partial charge in [0.15, 0.2) is 0 Å². The van der Waals surface area contributed by atoms with Gasteiger partial charge in [-0.2, -0.15) is 0 Å². The van der Waals surface area contributed by atoms with E-state index in [0.29, 0.717) is 13.1 Å². The lowest BCUT2D eigenvalue weighted by atomic mass is 10.2. The second-order valence-electron chi connectivity index (χ2n) is 5.89. The van der Waals surface area contributed by atoms with Crippen LogP contribution in [0.25, 0.3) is 0 Å². The van der Waals surface area contributed by atoms with Crippen LogP contribution in [0.4, 0.5) is 10.6 Å². The Bertz CT molecular complexity index is 653. The molecular weight excluding hydrogens is 322 g/mol. The fraction of sp³-hybridized carbons (Fsp3) is 0.412. The van der Waals surface area contributed by atoms with Gasteiger partial charge in [-0.3, -0.25) is 0 Å². The minimum atomic E-state index is -0.156. The Morgan fingerprint density at radius 2 is 1.96 bits per heavy atom. The molecule has 0 bridgehead atoms. The van der Waals surface area contributed by atoms with E-state index in [0.717, 1.165) is 42.4 Å². The van der Waals surface area contributed by atoms with Gasteiger partial charge in [-0.25, -0.2) is 9.78 Å². The fourth-order valence-electron chi connectivity index (χ4n) is 2.69. The minimum absolute atomic E-state index is 0.156. The van der Waals surface area contributed by atoms with Gasteiger partial charge in [0.1, 0.15) is 5.82 Å². The summed E-state index contributed by atoms with van der Waals surface area (Å²) in [7, 11) is 2.14. The molecule has 3 rings (SSSR count). The van der Waals surface area contributed by atoms with Crippen LogP contribution in [0.2, 0.25) is 0 Å². The summed E-state index contributed by atoms with van der Waals surface area (Å²) < 4.78 is 0. The number of anilines is 1. The van der Waals surface area contributed by atoms with Gasteiger partial charge in [0.2, 0.25) is 0 Å². The number of likely N-dealkylation sites (N-methyl/N-ethyl adjacent to an activating group) is 1. The Morgan fingerprint density at radius 1 is 1.17 bits per heavy atom. The summed E-state index contributed by atoms with van der Waals surface area (Å²) in [5.74, 6) is 0.976. The summed E-state index contributed by atoms with van der Waals surface area (Å²) >= 11 is 1.64. The van der Waals surface area contributed by atoms with Crippen molar-refractivity contribution < 1.29 is 4.79 Å².